The number of nitrogens with zero attached hydrogens (tertiary/aromatic N) is 1. The fraction of sp³-hybridized carbons (Fsp3) is 0.571. The maximum atomic E-state index is 12.4. The van der Waals surface area contributed by atoms with E-state index in [1.807, 2.05) is 5.10 Å². The highest BCUT2D eigenvalue weighted by Gasteiger charge is 2.50. The van der Waals surface area contributed by atoms with Gasteiger partial charge in [0.05, 0.1) is 0 Å². The number of aromatic nitrogens is 2. The zero-order chi connectivity index (χ0) is 10.6. The molecule has 1 fully saturated rings. The predicted octanol–water partition coefficient (Wildman–Crippen LogP) is 2.03. The van der Waals surface area contributed by atoms with Crippen LogP contribution in [0.4, 0.5) is 13.2 Å². The van der Waals surface area contributed by atoms with Crippen LogP contribution in [0.5, 0.6) is 0 Å². The zero-order valence-corrected chi connectivity index (χ0v) is 7.71. The van der Waals surface area contributed by atoms with Crippen LogP contribution >= 0.6 is 11.6 Å². The van der Waals surface area contributed by atoms with Gasteiger partial charge in [0.1, 0.15) is 5.69 Å². The average molecular weight is 226 g/mol. The number of nitrogens with one attached hydrogen (secondary N) is 1. The molecular formula is C7H7ClF3N3. The van der Waals surface area contributed by atoms with Crippen molar-refractivity contribution in [1.29, 1.82) is 0 Å². The first-order valence-corrected chi connectivity index (χ1v) is 4.33. The van der Waals surface area contributed by atoms with Crippen LogP contribution in [-0.2, 0) is 11.7 Å². The summed E-state index contributed by atoms with van der Waals surface area (Å²) >= 11 is 5.55. The second-order valence-electron chi connectivity index (χ2n) is 3.42. The summed E-state index contributed by atoms with van der Waals surface area (Å²) in [7, 11) is 0. The third-order valence-electron chi connectivity index (χ3n) is 2.29. The van der Waals surface area contributed by atoms with Crippen molar-refractivity contribution in [3.8, 4) is 0 Å². The smallest absolute Gasteiger partial charge is 0.321 e. The van der Waals surface area contributed by atoms with Crippen molar-refractivity contribution in [2.75, 3.05) is 0 Å². The molecule has 3 nitrogen and oxygen atoms in total. The third kappa shape index (κ3) is 1.38. The quantitative estimate of drug-likeness (QED) is 0.768. The molecule has 3 N–H and O–H groups in total. The monoisotopic (exact) mass is 225 g/mol. The fourth-order valence-corrected chi connectivity index (χ4v) is 1.69. The Kier molecular flexibility index (Phi) is 1.84. The number of H-pyrrole nitrogens is 1. The van der Waals surface area contributed by atoms with Gasteiger partial charge < -0.3 is 5.73 Å². The molecule has 1 saturated carbocycles. The lowest BCUT2D eigenvalue weighted by molar-refractivity contribution is -0.142. The van der Waals surface area contributed by atoms with E-state index in [1.54, 1.807) is 0 Å². The first-order chi connectivity index (χ1) is 6.34. The molecule has 0 spiro atoms. The largest absolute Gasteiger partial charge is 0.433 e. The van der Waals surface area contributed by atoms with Gasteiger partial charge in [-0.3, -0.25) is 5.10 Å². The summed E-state index contributed by atoms with van der Waals surface area (Å²) in [6, 6.07) is 0. The van der Waals surface area contributed by atoms with Gasteiger partial charge in [-0.25, -0.2) is 0 Å². The Bertz CT molecular complexity index is 367. The number of hydrogen-bond donors (Lipinski definition) is 2. The zero-order valence-electron chi connectivity index (χ0n) is 6.95. The summed E-state index contributed by atoms with van der Waals surface area (Å²) in [5.41, 5.74) is 3.70. The van der Waals surface area contributed by atoms with Gasteiger partial charge in [0.15, 0.2) is 5.15 Å². The van der Waals surface area contributed by atoms with Gasteiger partial charge in [0.2, 0.25) is 0 Å². The van der Waals surface area contributed by atoms with Crippen LogP contribution in [0.1, 0.15) is 24.1 Å². The van der Waals surface area contributed by atoms with Crippen molar-refractivity contribution in [3.63, 3.8) is 0 Å². The van der Waals surface area contributed by atoms with E-state index in [0.717, 1.165) is 0 Å². The van der Waals surface area contributed by atoms with Gasteiger partial charge in [0, 0.05) is 11.1 Å². The lowest BCUT2D eigenvalue weighted by Crippen LogP contribution is -2.23. The molecular weight excluding hydrogens is 219 g/mol. The molecule has 7 heteroatoms. The molecule has 0 atom stereocenters. The van der Waals surface area contributed by atoms with E-state index in [-0.39, 0.29) is 10.7 Å². The minimum Gasteiger partial charge on any atom is -0.321 e. The number of rotatable bonds is 1. The maximum Gasteiger partial charge on any atom is 0.433 e. The molecule has 0 amide bonds. The second-order valence-corrected chi connectivity index (χ2v) is 3.78. The molecule has 0 saturated heterocycles. The summed E-state index contributed by atoms with van der Waals surface area (Å²) in [6.45, 7) is 0. The number of halogens is 4. The van der Waals surface area contributed by atoms with Crippen LogP contribution < -0.4 is 5.73 Å². The normalized spacial score (nSPS) is 19.8. The van der Waals surface area contributed by atoms with Crippen LogP contribution in [0.3, 0.4) is 0 Å². The van der Waals surface area contributed by atoms with E-state index >= 15 is 0 Å². The molecule has 14 heavy (non-hydrogen) atoms. The molecule has 78 valence electrons. The summed E-state index contributed by atoms with van der Waals surface area (Å²) < 4.78 is 37.3. The SMILES string of the molecule is NC1(c2c(Cl)n[nH]c2C(F)(F)F)CC1. The van der Waals surface area contributed by atoms with Gasteiger partial charge >= 0.3 is 6.18 Å². The van der Waals surface area contributed by atoms with Crippen molar-refractivity contribution < 1.29 is 13.2 Å². The summed E-state index contributed by atoms with van der Waals surface area (Å²) in [6.07, 6.45) is -3.46. The number of alkyl halides is 3. The molecule has 0 aliphatic heterocycles. The molecule has 0 bridgehead atoms. The molecule has 0 aromatic carbocycles. The fourth-order valence-electron chi connectivity index (χ4n) is 1.36. The van der Waals surface area contributed by atoms with Crippen LogP contribution in [0.2, 0.25) is 5.15 Å². The number of nitrogens with two attached hydrogens (primary N) is 1. The Morgan fingerprint density at radius 1 is 1.43 bits per heavy atom. The Hall–Kier alpha value is -0.750. The van der Waals surface area contributed by atoms with Crippen molar-refractivity contribution in [3.05, 3.63) is 16.4 Å². The van der Waals surface area contributed by atoms with E-state index in [9.17, 15) is 13.2 Å². The Balaban J connectivity index is 2.52. The van der Waals surface area contributed by atoms with Crippen molar-refractivity contribution in [1.82, 2.24) is 10.2 Å². The van der Waals surface area contributed by atoms with E-state index in [4.69, 9.17) is 17.3 Å². The Morgan fingerprint density at radius 2 is 2.00 bits per heavy atom. The highest BCUT2D eigenvalue weighted by Crippen LogP contribution is 2.49. The first kappa shape index (κ1) is 9.79. The Morgan fingerprint density at radius 3 is 2.43 bits per heavy atom. The van der Waals surface area contributed by atoms with Gasteiger partial charge in [-0.15, -0.1) is 0 Å². The average Bonchev–Trinajstić information content (AvgIpc) is 2.60. The van der Waals surface area contributed by atoms with E-state index in [0.29, 0.717) is 12.8 Å². The number of aromatic amines is 1. The van der Waals surface area contributed by atoms with Crippen LogP contribution in [0.25, 0.3) is 0 Å². The highest BCUT2D eigenvalue weighted by atomic mass is 35.5. The van der Waals surface area contributed by atoms with Gasteiger partial charge in [-0.05, 0) is 12.8 Å². The van der Waals surface area contributed by atoms with Gasteiger partial charge in [0.25, 0.3) is 0 Å². The predicted molar refractivity (Wildman–Crippen MR) is 43.7 cm³/mol. The standard InChI is InChI=1S/C7H7ClF3N3/c8-5-3(6(12)1-2-6)4(13-14-5)7(9,10)11/h1-2,12H2,(H,13,14). The maximum absolute atomic E-state index is 12.4. The second kappa shape index (κ2) is 2.64. The minimum absolute atomic E-state index is 0.105. The molecule has 1 aliphatic carbocycles. The molecule has 0 unspecified atom stereocenters. The molecule has 1 heterocycles. The molecule has 1 aromatic rings. The molecule has 1 aromatic heterocycles. The van der Waals surface area contributed by atoms with E-state index < -0.39 is 17.4 Å². The van der Waals surface area contributed by atoms with Crippen molar-refractivity contribution in [2.24, 2.45) is 5.73 Å². The van der Waals surface area contributed by atoms with E-state index in [1.165, 1.54) is 0 Å². The van der Waals surface area contributed by atoms with Crippen molar-refractivity contribution >= 4 is 11.6 Å². The van der Waals surface area contributed by atoms with Crippen LogP contribution in [0.15, 0.2) is 0 Å². The van der Waals surface area contributed by atoms with Gasteiger partial charge in [-0.2, -0.15) is 18.3 Å². The minimum atomic E-state index is -4.48. The topological polar surface area (TPSA) is 54.7 Å². The lowest BCUT2D eigenvalue weighted by Gasteiger charge is -2.11. The third-order valence-corrected chi connectivity index (χ3v) is 2.57. The summed E-state index contributed by atoms with van der Waals surface area (Å²) in [5.74, 6) is 0. The number of hydrogen-bond acceptors (Lipinski definition) is 2. The Labute approximate surface area is 82.4 Å². The molecule has 1 aliphatic rings. The highest BCUT2D eigenvalue weighted by molar-refractivity contribution is 6.30. The summed E-state index contributed by atoms with van der Waals surface area (Å²) in [5, 5.41) is 5.02. The first-order valence-electron chi connectivity index (χ1n) is 3.95. The van der Waals surface area contributed by atoms with Crippen LogP contribution in [0, 0.1) is 0 Å². The van der Waals surface area contributed by atoms with Crippen LogP contribution in [-0.4, -0.2) is 10.2 Å². The molecule has 0 radical (unpaired) electrons. The van der Waals surface area contributed by atoms with E-state index in [2.05, 4.69) is 5.10 Å². The summed E-state index contributed by atoms with van der Waals surface area (Å²) in [4.78, 5) is 0. The van der Waals surface area contributed by atoms with Crippen molar-refractivity contribution in [2.45, 2.75) is 24.6 Å². The lowest BCUT2D eigenvalue weighted by atomic mass is 10.1. The van der Waals surface area contributed by atoms with Gasteiger partial charge in [-0.1, -0.05) is 11.6 Å². The molecule has 2 rings (SSSR count).